The van der Waals surface area contributed by atoms with Gasteiger partial charge in [0.25, 0.3) is 0 Å². The number of rotatable bonds is 15. The highest BCUT2D eigenvalue weighted by atomic mass is 16.3. The molecule has 0 fully saturated rings. The van der Waals surface area contributed by atoms with Crippen molar-refractivity contribution in [3.63, 3.8) is 0 Å². The minimum absolute atomic E-state index is 0.000655. The monoisotopic (exact) mass is 634 g/mol. The zero-order valence-corrected chi connectivity index (χ0v) is 25.9. The van der Waals surface area contributed by atoms with Crippen molar-refractivity contribution in [1.82, 2.24) is 19.9 Å². The first kappa shape index (κ1) is 31.9. The number of fused-ring (bicyclic) bond motifs is 2. The predicted molar refractivity (Wildman–Crippen MR) is 184 cm³/mol. The maximum atomic E-state index is 13.3. The summed E-state index contributed by atoms with van der Waals surface area (Å²) in [5.74, 6) is 1.40. The van der Waals surface area contributed by atoms with Crippen LogP contribution >= 0.6 is 0 Å². The van der Waals surface area contributed by atoms with E-state index in [1.165, 1.54) is 0 Å². The lowest BCUT2D eigenvalue weighted by molar-refractivity contribution is 0.0993. The molecule has 2 heterocycles. The lowest BCUT2D eigenvalue weighted by Gasteiger charge is -2.22. The van der Waals surface area contributed by atoms with E-state index < -0.39 is 0 Å². The number of ketones is 1. The van der Waals surface area contributed by atoms with Crippen LogP contribution < -0.4 is 9.80 Å². The smallest absolute Gasteiger partial charge is 0.167 e. The Morgan fingerprint density at radius 3 is 1.49 bits per heavy atom. The SMILES string of the molecule is O=C(Cc1ccc2nc(-c3ccc(N(CCO)CCO)cc3)[nH]c2c1)c1ccc2nc(-c3ccc(N(CCO)CCO)cc3)[nH]c2c1. The van der Waals surface area contributed by atoms with Crippen LogP contribution in [0, 0.1) is 0 Å². The highest BCUT2D eigenvalue weighted by molar-refractivity contribution is 6.00. The van der Waals surface area contributed by atoms with E-state index in [-0.39, 0.29) is 38.6 Å². The third kappa shape index (κ3) is 7.18. The van der Waals surface area contributed by atoms with E-state index in [2.05, 4.69) is 9.97 Å². The summed E-state index contributed by atoms with van der Waals surface area (Å²) < 4.78 is 0. The molecule has 0 radical (unpaired) electrons. The molecular weight excluding hydrogens is 596 g/mol. The largest absolute Gasteiger partial charge is 0.395 e. The Labute approximate surface area is 271 Å². The van der Waals surface area contributed by atoms with Crippen molar-refractivity contribution in [2.24, 2.45) is 0 Å². The Kier molecular flexibility index (Phi) is 9.89. The van der Waals surface area contributed by atoms with E-state index in [9.17, 15) is 25.2 Å². The average molecular weight is 635 g/mol. The van der Waals surface area contributed by atoms with E-state index in [1.807, 2.05) is 88.7 Å². The van der Waals surface area contributed by atoms with Crippen LogP contribution in [-0.4, -0.2) is 98.8 Å². The Bertz CT molecular complexity index is 1940. The normalized spacial score (nSPS) is 11.4. The minimum atomic E-state index is -0.00903. The molecule has 11 nitrogen and oxygen atoms in total. The number of carbonyl (C=O) groups excluding carboxylic acids is 1. The van der Waals surface area contributed by atoms with Gasteiger partial charge in [0.05, 0.1) is 48.5 Å². The van der Waals surface area contributed by atoms with Gasteiger partial charge in [-0.3, -0.25) is 4.79 Å². The van der Waals surface area contributed by atoms with Gasteiger partial charge in [0, 0.05) is 60.7 Å². The molecule has 0 aliphatic carbocycles. The molecule has 0 amide bonds. The van der Waals surface area contributed by atoms with E-state index in [1.54, 1.807) is 6.07 Å². The lowest BCUT2D eigenvalue weighted by atomic mass is 10.0. The summed E-state index contributed by atoms with van der Waals surface area (Å²) in [5, 5.41) is 37.3. The first-order chi connectivity index (χ1) is 23.0. The van der Waals surface area contributed by atoms with Gasteiger partial charge in [-0.05, 0) is 84.4 Å². The van der Waals surface area contributed by atoms with Gasteiger partial charge in [-0.2, -0.15) is 0 Å². The minimum Gasteiger partial charge on any atom is -0.395 e. The van der Waals surface area contributed by atoms with E-state index in [0.29, 0.717) is 43.4 Å². The molecule has 242 valence electrons. The standard InChI is InChI=1S/C36H38N6O5/c43-17-13-41(14-18-44)28-7-2-25(3-8-28)35-37-30-11-1-24(21-32(30)39-35)22-34(47)27-6-12-31-33(23-27)40-36(38-31)26-4-9-29(10-5-26)42(15-19-45)16-20-46/h1-12,21,23,43-46H,13-20,22H2,(H,37,39)(H,38,40). The maximum absolute atomic E-state index is 13.3. The van der Waals surface area contributed by atoms with Gasteiger partial charge in [0.15, 0.2) is 5.78 Å². The molecule has 4 aromatic carbocycles. The molecular formula is C36H38N6O5. The van der Waals surface area contributed by atoms with Gasteiger partial charge in [0.2, 0.25) is 0 Å². The number of Topliss-reactive ketones (excluding diaryl/α,β-unsaturated/α-hetero) is 1. The van der Waals surface area contributed by atoms with E-state index in [0.717, 1.165) is 50.1 Å². The predicted octanol–water partition coefficient (Wildman–Crippen LogP) is 3.78. The Morgan fingerprint density at radius 2 is 1.02 bits per heavy atom. The highest BCUT2D eigenvalue weighted by Crippen LogP contribution is 2.27. The number of aromatic nitrogens is 4. The Morgan fingerprint density at radius 1 is 0.574 bits per heavy atom. The fourth-order valence-electron chi connectivity index (χ4n) is 5.79. The van der Waals surface area contributed by atoms with Crippen LogP contribution in [0.2, 0.25) is 0 Å². The molecule has 6 aromatic rings. The number of aliphatic hydroxyl groups excluding tert-OH is 4. The molecule has 0 saturated heterocycles. The number of aliphatic hydroxyl groups is 4. The number of aromatic amines is 2. The van der Waals surface area contributed by atoms with Crippen LogP contribution in [0.4, 0.5) is 11.4 Å². The van der Waals surface area contributed by atoms with Crippen LogP contribution in [0.5, 0.6) is 0 Å². The second kappa shape index (κ2) is 14.6. The van der Waals surface area contributed by atoms with Gasteiger partial charge in [-0.25, -0.2) is 9.97 Å². The number of benzene rings is 4. The number of hydrogen-bond donors (Lipinski definition) is 6. The second-order valence-electron chi connectivity index (χ2n) is 11.3. The molecule has 47 heavy (non-hydrogen) atoms. The molecule has 0 spiro atoms. The Balaban J connectivity index is 1.15. The van der Waals surface area contributed by atoms with Gasteiger partial charge < -0.3 is 40.2 Å². The fraction of sp³-hybridized carbons (Fsp3) is 0.250. The molecule has 11 heteroatoms. The van der Waals surface area contributed by atoms with Crippen molar-refractivity contribution in [2.75, 3.05) is 62.4 Å². The number of nitrogens with zero attached hydrogens (tertiary/aromatic N) is 4. The molecule has 6 rings (SSSR count). The number of nitrogens with one attached hydrogen (secondary N) is 2. The molecule has 0 atom stereocenters. The van der Waals surface area contributed by atoms with Crippen molar-refractivity contribution in [2.45, 2.75) is 6.42 Å². The van der Waals surface area contributed by atoms with E-state index in [4.69, 9.17) is 9.97 Å². The summed E-state index contributed by atoms with van der Waals surface area (Å²) in [7, 11) is 0. The van der Waals surface area contributed by atoms with E-state index >= 15 is 0 Å². The zero-order valence-electron chi connectivity index (χ0n) is 25.9. The van der Waals surface area contributed by atoms with Crippen LogP contribution in [0.25, 0.3) is 44.8 Å². The molecule has 0 aliphatic heterocycles. The first-order valence-corrected chi connectivity index (χ1v) is 15.7. The van der Waals surface area contributed by atoms with Crippen LogP contribution in [0.3, 0.4) is 0 Å². The van der Waals surface area contributed by atoms with Crippen molar-refractivity contribution in [3.8, 4) is 22.8 Å². The van der Waals surface area contributed by atoms with Crippen molar-refractivity contribution in [1.29, 1.82) is 0 Å². The number of imidazole rings is 2. The van der Waals surface area contributed by atoms with Crippen LogP contribution in [0.15, 0.2) is 84.9 Å². The summed E-state index contributed by atoms with van der Waals surface area (Å²) in [6, 6.07) is 26.9. The maximum Gasteiger partial charge on any atom is 0.167 e. The number of hydrogen-bond acceptors (Lipinski definition) is 9. The lowest BCUT2D eigenvalue weighted by Crippen LogP contribution is -2.29. The summed E-state index contributed by atoms with van der Waals surface area (Å²) >= 11 is 0. The number of anilines is 2. The van der Waals surface area contributed by atoms with Gasteiger partial charge >= 0.3 is 0 Å². The molecule has 0 unspecified atom stereocenters. The van der Waals surface area contributed by atoms with Crippen molar-refractivity contribution in [3.05, 3.63) is 96.1 Å². The summed E-state index contributed by atoms with van der Waals surface area (Å²) in [5.41, 5.74) is 8.25. The quantitative estimate of drug-likeness (QED) is 0.0924. The zero-order chi connectivity index (χ0) is 32.8. The topological polar surface area (TPSA) is 162 Å². The van der Waals surface area contributed by atoms with Gasteiger partial charge in [0.1, 0.15) is 11.6 Å². The number of H-pyrrole nitrogens is 2. The molecule has 0 bridgehead atoms. The molecule has 6 N–H and O–H groups in total. The second-order valence-corrected chi connectivity index (χ2v) is 11.3. The fourth-order valence-corrected chi connectivity index (χ4v) is 5.79. The summed E-state index contributed by atoms with van der Waals surface area (Å²) in [4.78, 5) is 33.3. The van der Waals surface area contributed by atoms with Crippen LogP contribution in [-0.2, 0) is 6.42 Å². The first-order valence-electron chi connectivity index (χ1n) is 15.7. The third-order valence-electron chi connectivity index (χ3n) is 8.21. The average Bonchev–Trinajstić information content (AvgIpc) is 3.72. The Hall–Kier alpha value is -5.07. The summed E-state index contributed by atoms with van der Waals surface area (Å²) in [6.45, 7) is 1.77. The molecule has 0 aliphatic rings. The van der Waals surface area contributed by atoms with Crippen molar-refractivity contribution < 1.29 is 25.2 Å². The molecule has 0 saturated carbocycles. The van der Waals surface area contributed by atoms with Gasteiger partial charge in [-0.1, -0.05) is 6.07 Å². The number of carbonyl (C=O) groups is 1. The van der Waals surface area contributed by atoms with Gasteiger partial charge in [-0.15, -0.1) is 0 Å². The summed E-state index contributed by atoms with van der Waals surface area (Å²) in [6.07, 6.45) is 0.233. The van der Waals surface area contributed by atoms with Crippen molar-refractivity contribution >= 4 is 39.2 Å². The molecule has 2 aromatic heterocycles. The highest BCUT2D eigenvalue weighted by Gasteiger charge is 2.14. The third-order valence-corrected chi connectivity index (χ3v) is 8.21. The van der Waals surface area contributed by atoms with Crippen LogP contribution in [0.1, 0.15) is 15.9 Å².